The minimum Gasteiger partial charge on any atom is -0.497 e. The lowest BCUT2D eigenvalue weighted by atomic mass is 10.2. The van der Waals surface area contributed by atoms with Gasteiger partial charge in [-0.1, -0.05) is 11.6 Å². The summed E-state index contributed by atoms with van der Waals surface area (Å²) in [5.41, 5.74) is 2.71. The van der Waals surface area contributed by atoms with Gasteiger partial charge in [0.05, 0.1) is 23.8 Å². The highest BCUT2D eigenvalue weighted by Crippen LogP contribution is 2.21. The van der Waals surface area contributed by atoms with Gasteiger partial charge >= 0.3 is 0 Å². The fourth-order valence-electron chi connectivity index (χ4n) is 1.76. The van der Waals surface area contributed by atoms with E-state index in [9.17, 15) is 14.9 Å². The number of ether oxygens (including phenoxy) is 1. The molecule has 2 aromatic carbocycles. The van der Waals surface area contributed by atoms with E-state index >= 15 is 0 Å². The highest BCUT2D eigenvalue weighted by atomic mass is 35.5. The Labute approximate surface area is 136 Å². The topological polar surface area (TPSA) is 93.8 Å². The summed E-state index contributed by atoms with van der Waals surface area (Å²) in [4.78, 5) is 22.3. The summed E-state index contributed by atoms with van der Waals surface area (Å²) in [5.74, 6) is 0.174. The Morgan fingerprint density at radius 3 is 2.61 bits per heavy atom. The van der Waals surface area contributed by atoms with Crippen molar-refractivity contribution in [3.05, 3.63) is 68.7 Å². The van der Waals surface area contributed by atoms with Crippen LogP contribution in [0, 0.1) is 10.1 Å². The zero-order valence-corrected chi connectivity index (χ0v) is 12.8. The summed E-state index contributed by atoms with van der Waals surface area (Å²) in [6.07, 6.45) is 1.17. The summed E-state index contributed by atoms with van der Waals surface area (Å²) in [6, 6.07) is 10.5. The van der Waals surface area contributed by atoms with E-state index in [-0.39, 0.29) is 11.3 Å². The molecule has 0 spiro atoms. The van der Waals surface area contributed by atoms with Gasteiger partial charge in [-0.15, -0.1) is 0 Å². The molecule has 2 rings (SSSR count). The maximum atomic E-state index is 11.9. The third kappa shape index (κ3) is 4.27. The number of nitrogens with one attached hydrogen (secondary N) is 1. The number of rotatable bonds is 5. The van der Waals surface area contributed by atoms with Crippen molar-refractivity contribution in [3.63, 3.8) is 0 Å². The standard InChI is InChI=1S/C15H12ClN3O4/c1-23-13-5-2-10(3-6-13)15(20)18-17-9-11-8-12(16)4-7-14(11)19(21)22/h2-9H,1H3,(H,18,20). The molecule has 0 heterocycles. The molecule has 118 valence electrons. The Balaban J connectivity index is 2.10. The van der Waals surface area contributed by atoms with E-state index in [1.165, 1.54) is 31.5 Å². The average molecular weight is 334 g/mol. The highest BCUT2D eigenvalue weighted by Gasteiger charge is 2.12. The van der Waals surface area contributed by atoms with E-state index in [0.29, 0.717) is 16.3 Å². The van der Waals surface area contributed by atoms with Gasteiger partial charge in [0.1, 0.15) is 5.75 Å². The van der Waals surface area contributed by atoms with Crippen LogP contribution in [-0.4, -0.2) is 24.2 Å². The number of halogens is 1. The number of nitro groups is 1. The van der Waals surface area contributed by atoms with E-state index in [2.05, 4.69) is 10.5 Å². The minimum atomic E-state index is -0.553. The molecule has 0 aliphatic rings. The maximum Gasteiger partial charge on any atom is 0.278 e. The molecule has 0 atom stereocenters. The lowest BCUT2D eigenvalue weighted by molar-refractivity contribution is -0.385. The highest BCUT2D eigenvalue weighted by molar-refractivity contribution is 6.31. The Kier molecular flexibility index (Phi) is 5.27. The molecule has 23 heavy (non-hydrogen) atoms. The number of benzene rings is 2. The molecule has 0 radical (unpaired) electrons. The van der Waals surface area contributed by atoms with Crippen molar-refractivity contribution < 1.29 is 14.5 Å². The summed E-state index contributed by atoms with van der Waals surface area (Å²) in [7, 11) is 1.53. The number of hydrogen-bond donors (Lipinski definition) is 1. The number of nitrogens with zero attached hydrogens (tertiary/aromatic N) is 2. The van der Waals surface area contributed by atoms with Gasteiger partial charge in [-0.2, -0.15) is 5.10 Å². The van der Waals surface area contributed by atoms with Crippen molar-refractivity contribution in [1.82, 2.24) is 5.43 Å². The van der Waals surface area contributed by atoms with Crippen molar-refractivity contribution in [1.29, 1.82) is 0 Å². The molecule has 0 aliphatic heterocycles. The molecule has 1 N–H and O–H groups in total. The zero-order valence-electron chi connectivity index (χ0n) is 12.0. The number of carbonyl (C=O) groups is 1. The predicted octanol–water partition coefficient (Wildman–Crippen LogP) is 3.02. The molecule has 0 unspecified atom stereocenters. The van der Waals surface area contributed by atoms with E-state index < -0.39 is 10.8 Å². The van der Waals surface area contributed by atoms with Crippen LogP contribution in [0.2, 0.25) is 5.02 Å². The molecule has 0 aliphatic carbocycles. The van der Waals surface area contributed by atoms with Crippen molar-refractivity contribution in [3.8, 4) is 5.75 Å². The van der Waals surface area contributed by atoms with Gasteiger partial charge in [0.2, 0.25) is 0 Å². The van der Waals surface area contributed by atoms with Crippen molar-refractivity contribution in [2.75, 3.05) is 7.11 Å². The normalized spacial score (nSPS) is 10.5. The maximum absolute atomic E-state index is 11.9. The molecule has 0 fully saturated rings. The van der Waals surface area contributed by atoms with Crippen LogP contribution in [0.3, 0.4) is 0 Å². The molecule has 0 saturated heterocycles. The van der Waals surface area contributed by atoms with Gasteiger partial charge in [0.25, 0.3) is 11.6 Å². The first-order valence-electron chi connectivity index (χ1n) is 6.42. The van der Waals surface area contributed by atoms with Crippen LogP contribution < -0.4 is 10.2 Å². The molecular formula is C15H12ClN3O4. The molecule has 0 saturated carbocycles. The first-order chi connectivity index (χ1) is 11.0. The lowest BCUT2D eigenvalue weighted by Gasteiger charge is -2.02. The van der Waals surface area contributed by atoms with Crippen molar-refractivity contribution in [2.24, 2.45) is 5.10 Å². The lowest BCUT2D eigenvalue weighted by Crippen LogP contribution is -2.17. The third-order valence-electron chi connectivity index (χ3n) is 2.91. The predicted molar refractivity (Wildman–Crippen MR) is 86.2 cm³/mol. The number of amides is 1. The number of carbonyl (C=O) groups excluding carboxylic acids is 1. The molecule has 0 bridgehead atoms. The van der Waals surface area contributed by atoms with Crippen LogP contribution in [0.25, 0.3) is 0 Å². The average Bonchev–Trinajstić information content (AvgIpc) is 2.54. The monoisotopic (exact) mass is 333 g/mol. The Bertz CT molecular complexity index is 760. The van der Waals surface area contributed by atoms with E-state index in [1.54, 1.807) is 24.3 Å². The second kappa shape index (κ2) is 7.37. The quantitative estimate of drug-likeness (QED) is 0.517. The van der Waals surface area contributed by atoms with Gasteiger partial charge < -0.3 is 4.74 Å². The second-order valence-electron chi connectivity index (χ2n) is 4.39. The molecule has 8 heteroatoms. The fraction of sp³-hybridized carbons (Fsp3) is 0.0667. The van der Waals surface area contributed by atoms with Gasteiger partial charge in [-0.3, -0.25) is 14.9 Å². The first-order valence-corrected chi connectivity index (χ1v) is 6.80. The van der Waals surface area contributed by atoms with Crippen LogP contribution in [0.15, 0.2) is 47.6 Å². The van der Waals surface area contributed by atoms with Crippen LogP contribution >= 0.6 is 11.6 Å². The summed E-state index contributed by atoms with van der Waals surface area (Å²) < 4.78 is 5.00. The Morgan fingerprint density at radius 1 is 1.30 bits per heavy atom. The first kappa shape index (κ1) is 16.4. The largest absolute Gasteiger partial charge is 0.497 e. The summed E-state index contributed by atoms with van der Waals surface area (Å²) >= 11 is 5.80. The fourth-order valence-corrected chi connectivity index (χ4v) is 1.94. The van der Waals surface area contributed by atoms with E-state index in [1.807, 2.05) is 0 Å². The van der Waals surface area contributed by atoms with Gasteiger partial charge in [0, 0.05) is 16.7 Å². The Hall–Kier alpha value is -2.93. The van der Waals surface area contributed by atoms with Gasteiger partial charge in [-0.25, -0.2) is 5.43 Å². The number of nitro benzene ring substituents is 1. The van der Waals surface area contributed by atoms with E-state index in [4.69, 9.17) is 16.3 Å². The Morgan fingerprint density at radius 2 is 2.00 bits per heavy atom. The van der Waals surface area contributed by atoms with Crippen LogP contribution in [0.5, 0.6) is 5.75 Å². The summed E-state index contributed by atoms with van der Waals surface area (Å²) in [6.45, 7) is 0. The van der Waals surface area contributed by atoms with Crippen LogP contribution in [-0.2, 0) is 0 Å². The smallest absolute Gasteiger partial charge is 0.278 e. The molecular weight excluding hydrogens is 322 g/mol. The van der Waals surface area contributed by atoms with Gasteiger partial charge in [-0.05, 0) is 36.4 Å². The van der Waals surface area contributed by atoms with E-state index in [0.717, 1.165) is 0 Å². The third-order valence-corrected chi connectivity index (χ3v) is 3.14. The number of hydrogen-bond acceptors (Lipinski definition) is 5. The second-order valence-corrected chi connectivity index (χ2v) is 4.82. The minimum absolute atomic E-state index is 0.156. The van der Waals surface area contributed by atoms with Crippen molar-refractivity contribution in [2.45, 2.75) is 0 Å². The molecule has 1 amide bonds. The molecule has 0 aromatic heterocycles. The SMILES string of the molecule is COc1ccc(C(=O)NN=Cc2cc(Cl)ccc2[N+](=O)[O-])cc1. The van der Waals surface area contributed by atoms with Crippen LogP contribution in [0.1, 0.15) is 15.9 Å². The number of methoxy groups -OCH3 is 1. The summed E-state index contributed by atoms with van der Waals surface area (Å²) in [5, 5.41) is 15.0. The molecule has 7 nitrogen and oxygen atoms in total. The number of hydrazone groups is 1. The van der Waals surface area contributed by atoms with Crippen LogP contribution in [0.4, 0.5) is 5.69 Å². The van der Waals surface area contributed by atoms with Gasteiger partial charge in [0.15, 0.2) is 0 Å². The zero-order chi connectivity index (χ0) is 16.8. The van der Waals surface area contributed by atoms with Crippen molar-refractivity contribution >= 4 is 29.4 Å². The molecule has 2 aromatic rings.